The van der Waals surface area contributed by atoms with Crippen LogP contribution in [-0.4, -0.2) is 22.3 Å². The van der Waals surface area contributed by atoms with Gasteiger partial charge in [-0.1, -0.05) is 0 Å². The molecular weight excluding hydrogens is 210 g/mol. The first-order valence-electron chi connectivity index (χ1n) is 5.27. The van der Waals surface area contributed by atoms with Crippen molar-refractivity contribution in [1.29, 1.82) is 0 Å². The molecule has 1 aromatic heterocycles. The maximum atomic E-state index is 10.9. The van der Waals surface area contributed by atoms with Crippen LogP contribution >= 0.6 is 11.8 Å². The maximum absolute atomic E-state index is 10.9. The smallest absolute Gasteiger partial charge is 0.198 e. The summed E-state index contributed by atoms with van der Waals surface area (Å²) in [5.41, 5.74) is 0.771. The second-order valence-electron chi connectivity index (χ2n) is 3.97. The summed E-state index contributed by atoms with van der Waals surface area (Å²) in [5.74, 6) is 3.74. The number of aromatic nitrogens is 1. The molecule has 4 heteroatoms. The van der Waals surface area contributed by atoms with Crippen molar-refractivity contribution in [3.05, 3.63) is 17.8 Å². The number of nitrogens with zero attached hydrogens (tertiary/aromatic N) is 1. The fourth-order valence-corrected chi connectivity index (χ4v) is 2.91. The third kappa shape index (κ3) is 2.84. The highest BCUT2D eigenvalue weighted by molar-refractivity contribution is 7.99. The molecule has 0 spiro atoms. The standard InChI is InChI=1S/C11H15NO2S/c1-8(13)5-10-6-14-11(12-10)9-3-2-4-15-7-9/h6,9H,2-5,7H2,1H3. The lowest BCUT2D eigenvalue weighted by molar-refractivity contribution is -0.116. The highest BCUT2D eigenvalue weighted by Crippen LogP contribution is 2.30. The van der Waals surface area contributed by atoms with Gasteiger partial charge < -0.3 is 4.42 Å². The predicted octanol–water partition coefficient (Wildman–Crippen LogP) is 2.42. The molecule has 1 unspecified atom stereocenters. The number of hydrogen-bond donors (Lipinski definition) is 0. The van der Waals surface area contributed by atoms with Gasteiger partial charge in [0.2, 0.25) is 0 Å². The Balaban J connectivity index is 2.02. The van der Waals surface area contributed by atoms with E-state index in [4.69, 9.17) is 4.42 Å². The SMILES string of the molecule is CC(=O)Cc1coc(C2CCCSC2)n1. The van der Waals surface area contributed by atoms with Gasteiger partial charge in [-0.15, -0.1) is 0 Å². The van der Waals surface area contributed by atoms with Gasteiger partial charge in [0.1, 0.15) is 12.0 Å². The van der Waals surface area contributed by atoms with E-state index < -0.39 is 0 Å². The Bertz CT molecular complexity index is 342. The van der Waals surface area contributed by atoms with E-state index in [0.717, 1.165) is 23.8 Å². The molecule has 1 atom stereocenters. The minimum Gasteiger partial charge on any atom is -0.448 e. The molecule has 1 fully saturated rings. The normalized spacial score (nSPS) is 21.5. The van der Waals surface area contributed by atoms with Crippen LogP contribution in [0, 0.1) is 0 Å². The molecule has 3 nitrogen and oxygen atoms in total. The van der Waals surface area contributed by atoms with Gasteiger partial charge in [0.25, 0.3) is 0 Å². The first kappa shape index (κ1) is 10.7. The van der Waals surface area contributed by atoms with Crippen LogP contribution in [0.15, 0.2) is 10.7 Å². The van der Waals surface area contributed by atoms with Crippen molar-refractivity contribution in [2.45, 2.75) is 32.1 Å². The van der Waals surface area contributed by atoms with Crippen molar-refractivity contribution in [3.8, 4) is 0 Å². The van der Waals surface area contributed by atoms with Crippen LogP contribution in [0.5, 0.6) is 0 Å². The van der Waals surface area contributed by atoms with Crippen molar-refractivity contribution in [1.82, 2.24) is 4.98 Å². The number of Topliss-reactive ketones (excluding diaryl/α,β-unsaturated/α-hetero) is 1. The minimum atomic E-state index is 0.132. The molecule has 0 N–H and O–H groups in total. The zero-order valence-electron chi connectivity index (χ0n) is 8.86. The largest absolute Gasteiger partial charge is 0.448 e. The minimum absolute atomic E-state index is 0.132. The third-order valence-electron chi connectivity index (χ3n) is 2.51. The molecule has 1 aliphatic rings. The van der Waals surface area contributed by atoms with Crippen LogP contribution < -0.4 is 0 Å². The summed E-state index contributed by atoms with van der Waals surface area (Å²) >= 11 is 1.95. The summed E-state index contributed by atoms with van der Waals surface area (Å²) in [6, 6.07) is 0. The number of hydrogen-bond acceptors (Lipinski definition) is 4. The molecule has 0 amide bonds. The van der Waals surface area contributed by atoms with Gasteiger partial charge >= 0.3 is 0 Å². The quantitative estimate of drug-likeness (QED) is 0.792. The Labute approximate surface area is 93.6 Å². The topological polar surface area (TPSA) is 43.1 Å². The van der Waals surface area contributed by atoms with Gasteiger partial charge in [-0.2, -0.15) is 11.8 Å². The van der Waals surface area contributed by atoms with E-state index in [0.29, 0.717) is 12.3 Å². The van der Waals surface area contributed by atoms with Crippen molar-refractivity contribution < 1.29 is 9.21 Å². The fraction of sp³-hybridized carbons (Fsp3) is 0.636. The molecule has 2 heterocycles. The van der Waals surface area contributed by atoms with Crippen molar-refractivity contribution in [3.63, 3.8) is 0 Å². The van der Waals surface area contributed by atoms with Crippen LogP contribution in [0.1, 0.15) is 37.3 Å². The van der Waals surface area contributed by atoms with Gasteiger partial charge in [-0.25, -0.2) is 4.98 Å². The third-order valence-corrected chi connectivity index (χ3v) is 3.72. The first-order chi connectivity index (χ1) is 7.25. The average molecular weight is 225 g/mol. The first-order valence-corrected chi connectivity index (χ1v) is 6.42. The Morgan fingerprint density at radius 2 is 2.60 bits per heavy atom. The second-order valence-corrected chi connectivity index (χ2v) is 5.12. The van der Waals surface area contributed by atoms with Gasteiger partial charge in [-0.05, 0) is 25.5 Å². The molecule has 1 aliphatic heterocycles. The molecule has 15 heavy (non-hydrogen) atoms. The van der Waals surface area contributed by atoms with Crippen LogP contribution in [-0.2, 0) is 11.2 Å². The lowest BCUT2D eigenvalue weighted by Gasteiger charge is -2.17. The lowest BCUT2D eigenvalue weighted by atomic mass is 10.1. The van der Waals surface area contributed by atoms with Crippen LogP contribution in [0.2, 0.25) is 0 Å². The van der Waals surface area contributed by atoms with E-state index >= 15 is 0 Å². The van der Waals surface area contributed by atoms with Crippen molar-refractivity contribution in [2.24, 2.45) is 0 Å². The molecule has 0 bridgehead atoms. The average Bonchev–Trinajstić information content (AvgIpc) is 2.67. The second kappa shape index (κ2) is 4.84. The summed E-state index contributed by atoms with van der Waals surface area (Å²) in [4.78, 5) is 15.3. The number of rotatable bonds is 3. The molecule has 2 rings (SSSR count). The predicted molar refractivity (Wildman–Crippen MR) is 60.2 cm³/mol. The van der Waals surface area contributed by atoms with E-state index in [1.165, 1.54) is 12.2 Å². The summed E-state index contributed by atoms with van der Waals surface area (Å²) < 4.78 is 5.43. The Morgan fingerprint density at radius 1 is 1.73 bits per heavy atom. The van der Waals surface area contributed by atoms with E-state index in [-0.39, 0.29) is 5.78 Å². The van der Waals surface area contributed by atoms with Gasteiger partial charge in [-0.3, -0.25) is 4.79 Å². The molecule has 1 saturated heterocycles. The molecule has 1 aromatic rings. The lowest BCUT2D eigenvalue weighted by Crippen LogP contribution is -2.09. The number of carbonyl (C=O) groups excluding carboxylic acids is 1. The Hall–Kier alpha value is -0.770. The van der Waals surface area contributed by atoms with Gasteiger partial charge in [0, 0.05) is 11.7 Å². The van der Waals surface area contributed by atoms with Crippen molar-refractivity contribution in [2.75, 3.05) is 11.5 Å². The monoisotopic (exact) mass is 225 g/mol. The van der Waals surface area contributed by atoms with E-state index in [9.17, 15) is 4.79 Å². The summed E-state index contributed by atoms with van der Waals surface area (Å²) in [7, 11) is 0. The van der Waals surface area contributed by atoms with E-state index in [1.54, 1.807) is 13.2 Å². The Morgan fingerprint density at radius 3 is 3.27 bits per heavy atom. The zero-order chi connectivity index (χ0) is 10.7. The summed E-state index contributed by atoms with van der Waals surface area (Å²) in [6.07, 6.45) is 4.41. The van der Waals surface area contributed by atoms with Gasteiger partial charge in [0.15, 0.2) is 5.89 Å². The number of ketones is 1. The highest BCUT2D eigenvalue weighted by atomic mass is 32.2. The van der Waals surface area contributed by atoms with Crippen LogP contribution in [0.3, 0.4) is 0 Å². The molecule has 0 aliphatic carbocycles. The molecular formula is C11H15NO2S. The van der Waals surface area contributed by atoms with Gasteiger partial charge in [0.05, 0.1) is 12.1 Å². The van der Waals surface area contributed by atoms with E-state index in [1.807, 2.05) is 11.8 Å². The molecule has 82 valence electrons. The highest BCUT2D eigenvalue weighted by Gasteiger charge is 2.20. The summed E-state index contributed by atoms with van der Waals surface area (Å²) in [6.45, 7) is 1.57. The molecule has 0 saturated carbocycles. The summed E-state index contributed by atoms with van der Waals surface area (Å²) in [5, 5.41) is 0. The fourth-order valence-electron chi connectivity index (χ4n) is 1.78. The van der Waals surface area contributed by atoms with Crippen molar-refractivity contribution >= 4 is 17.5 Å². The maximum Gasteiger partial charge on any atom is 0.198 e. The van der Waals surface area contributed by atoms with E-state index in [2.05, 4.69) is 4.98 Å². The molecule has 0 aromatic carbocycles. The Kier molecular flexibility index (Phi) is 3.46. The number of carbonyl (C=O) groups is 1. The van der Waals surface area contributed by atoms with Crippen LogP contribution in [0.4, 0.5) is 0 Å². The molecule has 0 radical (unpaired) electrons. The number of thioether (sulfide) groups is 1. The number of oxazole rings is 1. The zero-order valence-corrected chi connectivity index (χ0v) is 9.68. The van der Waals surface area contributed by atoms with Crippen LogP contribution in [0.25, 0.3) is 0 Å².